The zero-order valence-electron chi connectivity index (χ0n) is 7.75. The van der Waals surface area contributed by atoms with E-state index in [1.165, 1.54) is 32.1 Å². The molecule has 0 atom stereocenters. The number of hydrogen-bond donors (Lipinski definition) is 1. The fourth-order valence-corrected chi connectivity index (χ4v) is 1.31. The summed E-state index contributed by atoms with van der Waals surface area (Å²) in [5.41, 5.74) is 0. The van der Waals surface area contributed by atoms with Gasteiger partial charge in [0.05, 0.1) is 0 Å². The van der Waals surface area contributed by atoms with Crippen molar-refractivity contribution in [2.75, 3.05) is 0 Å². The lowest BCUT2D eigenvalue weighted by atomic mass is 9.91. The third-order valence-corrected chi connectivity index (χ3v) is 2.07. The standard InChI is InChI=1S/C7H14.C3H4O2/c1-7-5-3-2-4-6-7;1-2-3(4)5/h7H,2-6H2,1H3;2H,1H2,(H,4,5). The second-order valence-electron chi connectivity index (χ2n) is 3.29. The van der Waals surface area contributed by atoms with Crippen LogP contribution in [0.4, 0.5) is 0 Å². The van der Waals surface area contributed by atoms with E-state index < -0.39 is 5.97 Å². The van der Waals surface area contributed by atoms with Crippen LogP contribution < -0.4 is 0 Å². The first-order chi connectivity index (χ1) is 5.66. The smallest absolute Gasteiger partial charge is 0.327 e. The predicted molar refractivity (Wildman–Crippen MR) is 50.1 cm³/mol. The zero-order chi connectivity index (χ0) is 9.40. The fraction of sp³-hybridized carbons (Fsp3) is 0.700. The van der Waals surface area contributed by atoms with Gasteiger partial charge in [0, 0.05) is 6.08 Å². The Morgan fingerprint density at radius 3 is 2.00 bits per heavy atom. The molecule has 0 saturated heterocycles. The average molecular weight is 170 g/mol. The SMILES string of the molecule is C=CC(=O)O.CC1CCCCC1. The Bertz CT molecular complexity index is 135. The molecule has 0 aliphatic heterocycles. The highest BCUT2D eigenvalue weighted by atomic mass is 16.4. The van der Waals surface area contributed by atoms with Gasteiger partial charge in [0.25, 0.3) is 0 Å². The minimum atomic E-state index is -0.981. The largest absolute Gasteiger partial charge is 0.478 e. The highest BCUT2D eigenvalue weighted by Gasteiger charge is 2.05. The van der Waals surface area contributed by atoms with E-state index in [1.54, 1.807) is 0 Å². The number of carboxylic acid groups (broad SMARTS) is 1. The van der Waals surface area contributed by atoms with Crippen molar-refractivity contribution < 1.29 is 9.90 Å². The molecular formula is C10H18O2. The van der Waals surface area contributed by atoms with Gasteiger partial charge in [-0.1, -0.05) is 45.6 Å². The van der Waals surface area contributed by atoms with Crippen LogP contribution in [0.15, 0.2) is 12.7 Å². The van der Waals surface area contributed by atoms with Crippen molar-refractivity contribution in [3.05, 3.63) is 12.7 Å². The minimum absolute atomic E-state index is 0.833. The number of rotatable bonds is 1. The second kappa shape index (κ2) is 6.89. The van der Waals surface area contributed by atoms with Crippen molar-refractivity contribution in [2.24, 2.45) is 5.92 Å². The molecule has 2 nitrogen and oxygen atoms in total. The quantitative estimate of drug-likeness (QED) is 0.614. The molecule has 1 saturated carbocycles. The summed E-state index contributed by atoms with van der Waals surface area (Å²) in [6, 6.07) is 0. The van der Waals surface area contributed by atoms with Gasteiger partial charge in [-0.25, -0.2) is 4.79 Å². The number of carboxylic acids is 1. The first kappa shape index (κ1) is 11.2. The molecule has 0 bridgehead atoms. The maximum absolute atomic E-state index is 9.25. The van der Waals surface area contributed by atoms with E-state index in [0.717, 1.165) is 12.0 Å². The molecule has 0 aromatic heterocycles. The van der Waals surface area contributed by atoms with Gasteiger partial charge < -0.3 is 5.11 Å². The molecule has 1 fully saturated rings. The van der Waals surface area contributed by atoms with Gasteiger partial charge in [-0.15, -0.1) is 0 Å². The van der Waals surface area contributed by atoms with Crippen LogP contribution in [-0.4, -0.2) is 11.1 Å². The van der Waals surface area contributed by atoms with E-state index in [1.807, 2.05) is 0 Å². The predicted octanol–water partition coefficient (Wildman–Crippen LogP) is 2.84. The molecule has 0 unspecified atom stereocenters. The Labute approximate surface area is 74.3 Å². The van der Waals surface area contributed by atoms with E-state index in [-0.39, 0.29) is 0 Å². The summed E-state index contributed by atoms with van der Waals surface area (Å²) in [6.07, 6.45) is 8.27. The monoisotopic (exact) mass is 170 g/mol. The number of hydrogen-bond acceptors (Lipinski definition) is 1. The highest BCUT2D eigenvalue weighted by Crippen LogP contribution is 2.21. The summed E-state index contributed by atoms with van der Waals surface area (Å²) in [6.45, 7) is 5.32. The second-order valence-corrected chi connectivity index (χ2v) is 3.29. The minimum Gasteiger partial charge on any atom is -0.478 e. The Kier molecular flexibility index (Phi) is 6.44. The van der Waals surface area contributed by atoms with Crippen LogP contribution in [0.2, 0.25) is 0 Å². The molecule has 70 valence electrons. The average Bonchev–Trinajstić information content (AvgIpc) is 2.07. The van der Waals surface area contributed by atoms with Gasteiger partial charge in [-0.05, 0) is 5.92 Å². The van der Waals surface area contributed by atoms with E-state index in [2.05, 4.69) is 13.5 Å². The zero-order valence-corrected chi connectivity index (χ0v) is 7.75. The molecule has 0 heterocycles. The number of carbonyl (C=O) groups is 1. The third-order valence-electron chi connectivity index (χ3n) is 2.07. The summed E-state index contributed by atoms with van der Waals surface area (Å²) in [5, 5.41) is 7.60. The summed E-state index contributed by atoms with van der Waals surface area (Å²) in [5.74, 6) is 0.0544. The molecular weight excluding hydrogens is 152 g/mol. The topological polar surface area (TPSA) is 37.3 Å². The summed E-state index contributed by atoms with van der Waals surface area (Å²) >= 11 is 0. The maximum atomic E-state index is 9.25. The van der Waals surface area contributed by atoms with Crippen LogP contribution in [0.5, 0.6) is 0 Å². The molecule has 1 aliphatic rings. The number of aliphatic carboxylic acids is 1. The van der Waals surface area contributed by atoms with Crippen LogP contribution in [0, 0.1) is 5.92 Å². The van der Waals surface area contributed by atoms with E-state index in [9.17, 15) is 4.79 Å². The molecule has 1 N–H and O–H groups in total. The Balaban J connectivity index is 0.000000217. The molecule has 0 amide bonds. The van der Waals surface area contributed by atoms with Crippen LogP contribution in [0.25, 0.3) is 0 Å². The van der Waals surface area contributed by atoms with Crippen molar-refractivity contribution in [3.63, 3.8) is 0 Å². The van der Waals surface area contributed by atoms with Crippen LogP contribution >= 0.6 is 0 Å². The van der Waals surface area contributed by atoms with Gasteiger partial charge in [-0.3, -0.25) is 0 Å². The van der Waals surface area contributed by atoms with Gasteiger partial charge in [0.2, 0.25) is 0 Å². The van der Waals surface area contributed by atoms with Gasteiger partial charge in [-0.2, -0.15) is 0 Å². The van der Waals surface area contributed by atoms with Gasteiger partial charge in [0.1, 0.15) is 0 Å². The van der Waals surface area contributed by atoms with Crippen LogP contribution in [-0.2, 0) is 4.79 Å². The van der Waals surface area contributed by atoms with Gasteiger partial charge in [0.15, 0.2) is 0 Å². The van der Waals surface area contributed by atoms with Crippen molar-refractivity contribution in [1.29, 1.82) is 0 Å². The summed E-state index contributed by atoms with van der Waals surface area (Å²) < 4.78 is 0. The lowest BCUT2D eigenvalue weighted by Crippen LogP contribution is -1.99. The van der Waals surface area contributed by atoms with E-state index >= 15 is 0 Å². The highest BCUT2D eigenvalue weighted by molar-refractivity contribution is 5.78. The maximum Gasteiger partial charge on any atom is 0.327 e. The molecule has 0 spiro atoms. The first-order valence-electron chi connectivity index (χ1n) is 4.52. The molecule has 0 aromatic rings. The molecule has 1 rings (SSSR count). The summed E-state index contributed by atoms with van der Waals surface area (Å²) in [4.78, 5) is 9.25. The normalized spacial score (nSPS) is 17.4. The molecule has 0 aromatic carbocycles. The lowest BCUT2D eigenvalue weighted by molar-refractivity contribution is -0.131. The summed E-state index contributed by atoms with van der Waals surface area (Å²) in [7, 11) is 0. The van der Waals surface area contributed by atoms with Crippen molar-refractivity contribution in [3.8, 4) is 0 Å². The third kappa shape index (κ3) is 7.32. The molecule has 1 aliphatic carbocycles. The Hall–Kier alpha value is -0.790. The van der Waals surface area contributed by atoms with Crippen molar-refractivity contribution in [2.45, 2.75) is 39.0 Å². The van der Waals surface area contributed by atoms with E-state index in [4.69, 9.17) is 5.11 Å². The van der Waals surface area contributed by atoms with E-state index in [0.29, 0.717) is 0 Å². The van der Waals surface area contributed by atoms with Crippen LogP contribution in [0.1, 0.15) is 39.0 Å². The first-order valence-corrected chi connectivity index (χ1v) is 4.52. The van der Waals surface area contributed by atoms with Gasteiger partial charge >= 0.3 is 5.97 Å². The van der Waals surface area contributed by atoms with Crippen molar-refractivity contribution >= 4 is 5.97 Å². The molecule has 12 heavy (non-hydrogen) atoms. The van der Waals surface area contributed by atoms with Crippen molar-refractivity contribution in [1.82, 2.24) is 0 Å². The lowest BCUT2D eigenvalue weighted by Gasteiger charge is -2.15. The fourth-order valence-electron chi connectivity index (χ4n) is 1.31. The Morgan fingerprint density at radius 2 is 1.83 bits per heavy atom. The molecule has 2 heteroatoms. The van der Waals surface area contributed by atoms with Crippen LogP contribution in [0.3, 0.4) is 0 Å². The molecule has 0 radical (unpaired) electrons. The Morgan fingerprint density at radius 1 is 1.42 bits per heavy atom.